The molecule has 8 nitrogen and oxygen atoms in total. The van der Waals surface area contributed by atoms with Crippen molar-refractivity contribution in [1.29, 1.82) is 0 Å². The van der Waals surface area contributed by atoms with Crippen LogP contribution in [0.15, 0.2) is 0 Å². The zero-order chi connectivity index (χ0) is 8.57. The van der Waals surface area contributed by atoms with E-state index in [-0.39, 0.29) is 19.5 Å². The number of hydrogen-bond donors (Lipinski definition) is 4. The molecule has 60 valence electrons. The molecule has 0 aromatic heterocycles. The van der Waals surface area contributed by atoms with Crippen LogP contribution in [0.1, 0.15) is 0 Å². The van der Waals surface area contributed by atoms with Gasteiger partial charge >= 0.3 is 19.5 Å². The molecule has 0 aromatic carbocycles. The Hall–Kier alpha value is -0.917. The van der Waals surface area contributed by atoms with Crippen LogP contribution in [0, 0.1) is 0 Å². The van der Waals surface area contributed by atoms with Crippen LogP contribution in [-0.4, -0.2) is 12.2 Å². The number of rotatable bonds is 0. The molecule has 0 radical (unpaired) electrons. The number of hydrogen-bond acceptors (Lipinski definition) is 6. The number of amides is 2. The topological polar surface area (TPSA) is 156 Å². The third-order valence-electron chi connectivity index (χ3n) is 0.236. The van der Waals surface area contributed by atoms with Gasteiger partial charge in [-0.05, 0) is 0 Å². The van der Waals surface area contributed by atoms with Gasteiger partial charge in [-0.1, -0.05) is 0 Å². The van der Waals surface area contributed by atoms with E-state index in [4.69, 9.17) is 19.8 Å². The van der Waals surface area contributed by atoms with Gasteiger partial charge in [0.15, 0.2) is 0 Å². The van der Waals surface area contributed by atoms with Crippen LogP contribution in [0.5, 0.6) is 0 Å². The fourth-order valence-corrected chi connectivity index (χ4v) is 0. The second kappa shape index (κ2) is 11.8. The first-order valence-corrected chi connectivity index (χ1v) is 1.89. The van der Waals surface area contributed by atoms with E-state index in [1.807, 2.05) is 0 Å². The fraction of sp³-hybridized carbons (Fsp3) is 0. The first-order valence-electron chi connectivity index (χ1n) is 1.89. The molecule has 0 saturated carbocycles. The van der Waals surface area contributed by atoms with Crippen LogP contribution < -0.4 is 32.7 Å². The maximum absolute atomic E-state index is 9.02. The Balaban J connectivity index is -0.000000107. The van der Waals surface area contributed by atoms with Crippen molar-refractivity contribution >= 4 is 12.2 Å². The Morgan fingerprint density at radius 1 is 1.00 bits per heavy atom. The Bertz CT molecular complexity index is 105. The number of hydrazine groups is 2. The summed E-state index contributed by atoms with van der Waals surface area (Å²) < 4.78 is 0. The first kappa shape index (κ1) is 16.6. The third kappa shape index (κ3) is 47.9. The Morgan fingerprint density at radius 3 is 1.09 bits per heavy atom. The molecule has 0 unspecified atom stereocenters. The molecule has 0 aliphatic rings. The van der Waals surface area contributed by atoms with Crippen LogP contribution in [0.3, 0.4) is 0 Å². The van der Waals surface area contributed by atoms with Crippen LogP contribution >= 0.6 is 0 Å². The smallest absolute Gasteiger partial charge is 0.529 e. The van der Waals surface area contributed by atoms with Crippen LogP contribution in [0.25, 0.3) is 0 Å². The second-order valence-electron chi connectivity index (χ2n) is 0.864. The van der Waals surface area contributed by atoms with E-state index < -0.39 is 12.2 Å². The van der Waals surface area contributed by atoms with Crippen molar-refractivity contribution in [1.82, 2.24) is 10.9 Å². The van der Waals surface area contributed by atoms with Gasteiger partial charge in [-0.15, -0.1) is 0 Å². The molecule has 6 N–H and O–H groups in total. The summed E-state index contributed by atoms with van der Waals surface area (Å²) in [5.74, 6) is 8.52. The van der Waals surface area contributed by atoms with E-state index in [2.05, 4.69) is 11.7 Å². The minimum atomic E-state index is -1.47. The molecule has 9 heteroatoms. The second-order valence-corrected chi connectivity index (χ2v) is 0.864. The van der Waals surface area contributed by atoms with E-state index in [0.717, 1.165) is 0 Å². The van der Waals surface area contributed by atoms with Crippen molar-refractivity contribution in [3.63, 3.8) is 0 Å². The zero-order valence-electron chi connectivity index (χ0n) is 5.49. The summed E-state index contributed by atoms with van der Waals surface area (Å²) in [6.45, 7) is 0. The van der Waals surface area contributed by atoms with E-state index in [9.17, 15) is 0 Å². The van der Waals surface area contributed by atoms with Crippen LogP contribution in [-0.2, 0) is 19.5 Å². The van der Waals surface area contributed by atoms with E-state index in [1.165, 1.54) is 10.9 Å². The van der Waals surface area contributed by atoms with Gasteiger partial charge in [0.1, 0.15) is 12.2 Å². The third-order valence-corrected chi connectivity index (χ3v) is 0.236. The Kier molecular flexibility index (Phi) is 17.8. The van der Waals surface area contributed by atoms with Crippen LogP contribution in [0.4, 0.5) is 9.59 Å². The largest absolute Gasteiger partial charge is 2.00 e. The summed E-state index contributed by atoms with van der Waals surface area (Å²) in [7, 11) is 0. The van der Waals surface area contributed by atoms with Gasteiger partial charge in [-0.2, -0.15) is 0 Å². The van der Waals surface area contributed by atoms with Gasteiger partial charge < -0.3 is 30.7 Å². The standard InChI is InChI=1S/2CH4N2O2.Zn/c2*2-3-1(4)5;/h2*3H,2H2,(H,4,5);/q;;+2/p-2. The van der Waals surface area contributed by atoms with Gasteiger partial charge in [-0.25, -0.2) is 11.7 Å². The number of carboxylic acid groups (broad SMARTS) is 2. The molecule has 0 bridgehead atoms. The number of nitrogens with two attached hydrogens (primary N) is 2. The fourth-order valence-electron chi connectivity index (χ4n) is 0. The predicted molar refractivity (Wildman–Crippen MR) is 25.4 cm³/mol. The molecule has 0 aromatic rings. The summed E-state index contributed by atoms with van der Waals surface area (Å²) in [6.07, 6.45) is -2.94. The molecule has 0 rings (SSSR count). The zero-order valence-corrected chi connectivity index (χ0v) is 8.46. The van der Waals surface area contributed by atoms with Crippen molar-refractivity contribution in [2.45, 2.75) is 0 Å². The quantitative estimate of drug-likeness (QED) is 0.138. The van der Waals surface area contributed by atoms with Gasteiger partial charge in [0.25, 0.3) is 0 Å². The van der Waals surface area contributed by atoms with Crippen molar-refractivity contribution in [3.8, 4) is 0 Å². The first-order chi connectivity index (χ1) is 4.54. The van der Waals surface area contributed by atoms with Crippen molar-refractivity contribution in [2.75, 3.05) is 0 Å². The summed E-state index contributed by atoms with van der Waals surface area (Å²) in [6, 6.07) is 0. The van der Waals surface area contributed by atoms with Crippen molar-refractivity contribution in [2.24, 2.45) is 11.7 Å². The molecule has 0 aliphatic carbocycles. The van der Waals surface area contributed by atoms with Gasteiger partial charge in [0.2, 0.25) is 0 Å². The average molecular weight is 215 g/mol. The molecule has 11 heavy (non-hydrogen) atoms. The van der Waals surface area contributed by atoms with Crippen molar-refractivity contribution in [3.05, 3.63) is 0 Å². The molecular weight excluding hydrogens is 209 g/mol. The van der Waals surface area contributed by atoms with Gasteiger partial charge in [0.05, 0.1) is 0 Å². The predicted octanol–water partition coefficient (Wildman–Crippen LogP) is -4.42. The van der Waals surface area contributed by atoms with Gasteiger partial charge in [-0.3, -0.25) is 0 Å². The number of carbonyl (C=O) groups is 2. The summed E-state index contributed by atoms with van der Waals surface area (Å²) >= 11 is 0. The van der Waals surface area contributed by atoms with E-state index in [0.29, 0.717) is 0 Å². The number of carbonyl (C=O) groups excluding carboxylic acids is 2. The average Bonchev–Trinajstić information content (AvgIpc) is 1.89. The maximum atomic E-state index is 9.02. The molecule has 0 fully saturated rings. The van der Waals surface area contributed by atoms with Crippen molar-refractivity contribution < 1.29 is 39.3 Å². The molecule has 0 atom stereocenters. The molecule has 0 heterocycles. The summed E-state index contributed by atoms with van der Waals surface area (Å²) in [5.41, 5.74) is 2.67. The van der Waals surface area contributed by atoms with Gasteiger partial charge in [0, 0.05) is 0 Å². The SMILES string of the molecule is NNC(=O)[O-].NNC(=O)[O-].[Zn+2]. The monoisotopic (exact) mass is 214 g/mol. The normalized spacial score (nSPS) is 6.00. The Morgan fingerprint density at radius 2 is 1.09 bits per heavy atom. The van der Waals surface area contributed by atoms with Crippen LogP contribution in [0.2, 0.25) is 0 Å². The molecule has 0 spiro atoms. The summed E-state index contributed by atoms with van der Waals surface area (Å²) in [4.78, 5) is 18.0. The molecule has 2 amide bonds. The molecular formula is C2H6N4O4Zn. The maximum Gasteiger partial charge on any atom is 2.00 e. The van der Waals surface area contributed by atoms with E-state index in [1.54, 1.807) is 0 Å². The molecule has 0 aliphatic heterocycles. The number of nitrogens with one attached hydrogen (secondary N) is 2. The minimum absolute atomic E-state index is 0. The minimum Gasteiger partial charge on any atom is -0.529 e. The molecule has 0 saturated heterocycles. The van der Waals surface area contributed by atoms with E-state index >= 15 is 0 Å². The Labute approximate surface area is 74.6 Å². The summed E-state index contributed by atoms with van der Waals surface area (Å²) in [5, 5.41) is 18.0.